The molecule has 0 bridgehead atoms. The number of carbonyl (C=O) groups excluding carboxylic acids is 2. The van der Waals surface area contributed by atoms with Gasteiger partial charge in [-0.2, -0.15) is 26.3 Å². The van der Waals surface area contributed by atoms with Gasteiger partial charge in [-0.1, -0.05) is 36.4 Å². The molecule has 0 aliphatic carbocycles. The summed E-state index contributed by atoms with van der Waals surface area (Å²) in [5, 5.41) is 11.0. The van der Waals surface area contributed by atoms with Gasteiger partial charge < -0.3 is 46.9 Å². The van der Waals surface area contributed by atoms with Crippen LogP contribution in [0, 0.1) is 27.7 Å². The first kappa shape index (κ1) is 56.4. The summed E-state index contributed by atoms with van der Waals surface area (Å²) in [7, 11) is 0. The summed E-state index contributed by atoms with van der Waals surface area (Å²) in [6.45, 7) is 7.92. The van der Waals surface area contributed by atoms with E-state index in [0.717, 1.165) is 35.4 Å². The highest BCUT2D eigenvalue weighted by atomic mass is 19.4. The number of halogens is 6. The molecule has 17 nitrogen and oxygen atoms in total. The van der Waals surface area contributed by atoms with Crippen LogP contribution in [0.3, 0.4) is 0 Å². The molecule has 0 fully saturated rings. The summed E-state index contributed by atoms with van der Waals surface area (Å²) < 4.78 is 106. The molecule has 4 heterocycles. The first-order chi connectivity index (χ1) is 37.7. The average molecular weight is 1090 g/mol. The molecule has 4 aromatic heterocycles. The van der Waals surface area contributed by atoms with Crippen LogP contribution in [-0.2, 0) is 39.7 Å². The van der Waals surface area contributed by atoms with E-state index in [9.17, 15) is 35.9 Å². The van der Waals surface area contributed by atoms with Gasteiger partial charge >= 0.3 is 12.4 Å². The molecule has 412 valence electrons. The second kappa shape index (κ2) is 24.7. The van der Waals surface area contributed by atoms with E-state index in [0.29, 0.717) is 56.6 Å². The number of alkyl halides is 6. The number of nitrogens with zero attached hydrogens (tertiary/aromatic N) is 6. The van der Waals surface area contributed by atoms with Crippen LogP contribution in [-0.4, -0.2) is 80.2 Å². The molecule has 8 rings (SSSR count). The van der Waals surface area contributed by atoms with Gasteiger partial charge in [0.15, 0.2) is 0 Å². The first-order valence-corrected chi connectivity index (χ1v) is 24.6. The number of anilines is 2. The summed E-state index contributed by atoms with van der Waals surface area (Å²) in [4.78, 5) is 44.4. The Bertz CT molecular complexity index is 3340. The van der Waals surface area contributed by atoms with Crippen LogP contribution in [0.4, 0.5) is 37.7 Å². The Labute approximate surface area is 449 Å². The fourth-order valence-electron chi connectivity index (χ4n) is 8.13. The number of aromatic nitrogens is 6. The predicted octanol–water partition coefficient (Wildman–Crippen LogP) is 9.41. The number of aryl methyl sites for hydroxylation is 4. The summed E-state index contributed by atoms with van der Waals surface area (Å²) in [5.41, 5.74) is 16.1. The van der Waals surface area contributed by atoms with Gasteiger partial charge in [0.05, 0.1) is 84.7 Å². The maximum Gasteiger partial charge on any atom is 0.417 e. The first-order valence-electron chi connectivity index (χ1n) is 24.6. The van der Waals surface area contributed by atoms with Crippen molar-refractivity contribution >= 4 is 34.7 Å². The van der Waals surface area contributed by atoms with Gasteiger partial charge in [-0.3, -0.25) is 18.4 Å². The molecule has 79 heavy (non-hydrogen) atoms. The molecule has 0 radical (unpaired) electrons. The zero-order valence-electron chi connectivity index (χ0n) is 43.4. The summed E-state index contributed by atoms with van der Waals surface area (Å²) in [5.74, 6) is -0.895. The van der Waals surface area contributed by atoms with E-state index in [-0.39, 0.29) is 75.3 Å². The highest BCUT2D eigenvalue weighted by Crippen LogP contribution is 2.36. The minimum Gasteiger partial charge on any atom is -0.399 e. The molecule has 8 N–H and O–H groups in total. The zero-order valence-corrected chi connectivity index (χ0v) is 43.4. The van der Waals surface area contributed by atoms with Crippen molar-refractivity contribution in [1.29, 1.82) is 0 Å². The van der Waals surface area contributed by atoms with Crippen molar-refractivity contribution in [3.63, 3.8) is 0 Å². The van der Waals surface area contributed by atoms with E-state index in [1.165, 1.54) is 24.5 Å². The number of hydrogen-bond donors (Lipinski definition) is 6. The number of nitrogens with two attached hydrogens (primary N) is 2. The SMILES string of the molecule is Cc1cnc2nc(-c3ccc(C)c(NC(=O)c4ccc(CN/C=C(\N)COCCOCCOC/C(N)=C/NCc5ccc(C(=O)Nc6cc(-c7cn8cc(C)cnc8n7)ccc6C)c(C(F)(F)F)c5)cc4C(F)(F)F)c3)cn2c1. The quantitative estimate of drug-likeness (QED) is 0.0275. The van der Waals surface area contributed by atoms with Gasteiger partial charge in [-0.05, 0) is 97.5 Å². The number of hydrogen-bond acceptors (Lipinski definition) is 13. The number of imidazole rings is 2. The monoisotopic (exact) mass is 1090 g/mol. The largest absolute Gasteiger partial charge is 0.417 e. The fraction of sp³-hybridized carbons (Fsp3) is 0.250. The lowest BCUT2D eigenvalue weighted by Gasteiger charge is -2.16. The van der Waals surface area contributed by atoms with Gasteiger partial charge in [0.2, 0.25) is 11.6 Å². The summed E-state index contributed by atoms with van der Waals surface area (Å²) in [6.07, 6.45) is 3.85. The minimum absolute atomic E-state index is 0.00134. The maximum atomic E-state index is 14.3. The Hall–Kier alpha value is -8.80. The normalized spacial score (nSPS) is 12.3. The van der Waals surface area contributed by atoms with Crippen molar-refractivity contribution in [2.24, 2.45) is 11.5 Å². The lowest BCUT2D eigenvalue weighted by molar-refractivity contribution is -0.138. The van der Waals surface area contributed by atoms with E-state index in [1.807, 2.05) is 26.2 Å². The number of rotatable bonds is 22. The number of carbonyl (C=O) groups is 2. The van der Waals surface area contributed by atoms with Gasteiger partial charge in [0.25, 0.3) is 11.8 Å². The minimum atomic E-state index is -4.83. The van der Waals surface area contributed by atoms with E-state index in [2.05, 4.69) is 41.2 Å². The summed E-state index contributed by atoms with van der Waals surface area (Å²) in [6, 6.07) is 17.4. The standard InChI is InChI=1S/C56H56F6N12O5/c1-33-21-67-53-71-49(29-73(53)27-33)39-9-5-35(3)47(19-39)69-51(75)43-11-7-37(17-45(43)55(57,58)59)23-65-25-41(63)31-78-15-13-77-14-16-79-32-42(64)26-66-24-38-8-12-44(46(18-38)56(60,61)62)52(76)70-48-20-40(10-6-36(48)4)50-30-74-28-34(2)22-68-54(74)72-50/h5-12,17-22,25-30,65-66H,13-16,23-24,31-32,63-64H2,1-4H3,(H,69,75)(H,70,76)/b41-25-,42-26-. The molecule has 0 spiro atoms. The van der Waals surface area contributed by atoms with Crippen LogP contribution in [0.5, 0.6) is 0 Å². The Morgan fingerprint density at radius 1 is 0.557 bits per heavy atom. The molecule has 23 heteroatoms. The molecular formula is C56H56F6N12O5. The molecule has 0 saturated heterocycles. The number of ether oxygens (including phenoxy) is 3. The van der Waals surface area contributed by atoms with Crippen LogP contribution in [0.15, 0.2) is 134 Å². The highest BCUT2D eigenvalue weighted by molar-refractivity contribution is 6.07. The van der Waals surface area contributed by atoms with Crippen molar-refractivity contribution in [3.05, 3.63) is 189 Å². The van der Waals surface area contributed by atoms with Gasteiger partial charge in [0, 0.05) is 85.2 Å². The molecule has 2 amide bonds. The van der Waals surface area contributed by atoms with Crippen molar-refractivity contribution in [3.8, 4) is 22.5 Å². The van der Waals surface area contributed by atoms with Gasteiger partial charge in [-0.25, -0.2) is 19.9 Å². The number of amides is 2. The molecule has 0 saturated carbocycles. The predicted molar refractivity (Wildman–Crippen MR) is 285 cm³/mol. The van der Waals surface area contributed by atoms with Crippen LogP contribution in [0.2, 0.25) is 0 Å². The molecule has 4 aromatic carbocycles. The third-order valence-electron chi connectivity index (χ3n) is 12.2. The molecular weight excluding hydrogens is 1030 g/mol. The Kier molecular flexibility index (Phi) is 17.6. The van der Waals surface area contributed by atoms with Crippen molar-refractivity contribution in [2.75, 3.05) is 50.3 Å². The average Bonchev–Trinajstić information content (AvgIpc) is 4.07. The van der Waals surface area contributed by atoms with E-state index < -0.39 is 46.4 Å². The second-order valence-electron chi connectivity index (χ2n) is 18.6. The lowest BCUT2D eigenvalue weighted by atomic mass is 10.0. The molecule has 0 aliphatic heterocycles. The van der Waals surface area contributed by atoms with Crippen molar-refractivity contribution in [2.45, 2.75) is 53.1 Å². The van der Waals surface area contributed by atoms with Crippen LogP contribution < -0.4 is 32.7 Å². The fourth-order valence-corrected chi connectivity index (χ4v) is 8.13. The third-order valence-corrected chi connectivity index (χ3v) is 12.2. The highest BCUT2D eigenvalue weighted by Gasteiger charge is 2.37. The number of fused-ring (bicyclic) bond motifs is 2. The Morgan fingerprint density at radius 2 is 0.962 bits per heavy atom. The Balaban J connectivity index is 0.723. The molecule has 8 aromatic rings. The van der Waals surface area contributed by atoms with Crippen LogP contribution in [0.25, 0.3) is 34.1 Å². The van der Waals surface area contributed by atoms with Crippen molar-refractivity contribution in [1.82, 2.24) is 39.4 Å². The lowest BCUT2D eigenvalue weighted by Crippen LogP contribution is -2.20. The van der Waals surface area contributed by atoms with Crippen molar-refractivity contribution < 1.29 is 50.1 Å². The second-order valence-corrected chi connectivity index (χ2v) is 18.6. The smallest absolute Gasteiger partial charge is 0.399 e. The van der Waals surface area contributed by atoms with Crippen LogP contribution >= 0.6 is 0 Å². The molecule has 0 aliphatic rings. The zero-order chi connectivity index (χ0) is 56.4. The molecule has 0 atom stereocenters. The van der Waals surface area contributed by atoms with E-state index >= 15 is 0 Å². The summed E-state index contributed by atoms with van der Waals surface area (Å²) >= 11 is 0. The van der Waals surface area contributed by atoms with Crippen LogP contribution in [0.1, 0.15) is 65.2 Å². The third kappa shape index (κ3) is 14.8. The number of nitrogens with one attached hydrogen (secondary N) is 4. The van der Waals surface area contributed by atoms with E-state index in [1.54, 1.807) is 83.8 Å². The maximum absolute atomic E-state index is 14.3. The molecule has 0 unspecified atom stereocenters. The topological polar surface area (TPSA) is 222 Å². The number of benzene rings is 4. The van der Waals surface area contributed by atoms with E-state index in [4.69, 9.17) is 25.7 Å². The van der Waals surface area contributed by atoms with Gasteiger partial charge in [0.1, 0.15) is 0 Å². The Morgan fingerprint density at radius 3 is 1.37 bits per heavy atom. The van der Waals surface area contributed by atoms with Gasteiger partial charge in [-0.15, -0.1) is 0 Å².